The van der Waals surface area contributed by atoms with Crippen molar-refractivity contribution in [2.24, 2.45) is 0 Å². The van der Waals surface area contributed by atoms with Crippen molar-refractivity contribution >= 4 is 11.6 Å². The van der Waals surface area contributed by atoms with Gasteiger partial charge in [-0.2, -0.15) is 4.98 Å². The van der Waals surface area contributed by atoms with Crippen molar-refractivity contribution in [1.82, 2.24) is 15.0 Å². The summed E-state index contributed by atoms with van der Waals surface area (Å²) in [6.45, 7) is 2.29. The Kier molecular flexibility index (Phi) is 6.91. The first kappa shape index (κ1) is 23.0. The average Bonchev–Trinajstić information content (AvgIpc) is 2.82. The summed E-state index contributed by atoms with van der Waals surface area (Å²) in [5.74, 6) is -0.350. The van der Waals surface area contributed by atoms with Crippen molar-refractivity contribution in [2.75, 3.05) is 24.2 Å². The molecule has 0 saturated carbocycles. The van der Waals surface area contributed by atoms with Crippen LogP contribution in [-0.4, -0.2) is 28.1 Å². The third kappa shape index (κ3) is 5.43. The number of nitrogens with zero attached hydrogens (tertiary/aromatic N) is 3. The van der Waals surface area contributed by atoms with Gasteiger partial charge in [0, 0.05) is 23.5 Å². The third-order valence-corrected chi connectivity index (χ3v) is 4.94. The fourth-order valence-electron chi connectivity index (χ4n) is 3.49. The van der Waals surface area contributed by atoms with E-state index >= 15 is 0 Å². The van der Waals surface area contributed by atoms with Crippen LogP contribution in [0.4, 0.5) is 24.8 Å². The van der Waals surface area contributed by atoms with Crippen molar-refractivity contribution in [3.63, 3.8) is 0 Å². The SMILES string of the molecule is Cc1cc(-c2c(OCCNc3ccccc3)nc(N)nc2-c2ccc(F)cc2)cc(C(F)F)n1. The molecule has 3 N–H and O–H groups in total. The first-order chi connectivity index (χ1) is 16.4. The number of hydrogen-bond acceptors (Lipinski definition) is 6. The lowest BCUT2D eigenvalue weighted by molar-refractivity contribution is 0.146. The van der Waals surface area contributed by atoms with Crippen LogP contribution >= 0.6 is 0 Å². The number of aryl methyl sites for hydroxylation is 1. The lowest BCUT2D eigenvalue weighted by atomic mass is 9.99. The van der Waals surface area contributed by atoms with E-state index in [2.05, 4.69) is 20.3 Å². The number of ether oxygens (including phenoxy) is 1. The van der Waals surface area contributed by atoms with Crippen molar-refractivity contribution in [1.29, 1.82) is 0 Å². The second-order valence-electron chi connectivity index (χ2n) is 7.48. The molecule has 0 aliphatic carbocycles. The Labute approximate surface area is 194 Å². The van der Waals surface area contributed by atoms with E-state index in [4.69, 9.17) is 10.5 Å². The van der Waals surface area contributed by atoms with Crippen molar-refractivity contribution < 1.29 is 17.9 Å². The van der Waals surface area contributed by atoms with Gasteiger partial charge in [-0.15, -0.1) is 0 Å². The van der Waals surface area contributed by atoms with Crippen LogP contribution in [0.25, 0.3) is 22.4 Å². The maximum Gasteiger partial charge on any atom is 0.280 e. The topological polar surface area (TPSA) is 86.0 Å². The fourth-order valence-corrected chi connectivity index (χ4v) is 3.49. The highest BCUT2D eigenvalue weighted by atomic mass is 19.3. The number of aromatic nitrogens is 3. The van der Waals surface area contributed by atoms with Crippen LogP contribution in [0.3, 0.4) is 0 Å². The van der Waals surface area contributed by atoms with Gasteiger partial charge in [-0.1, -0.05) is 18.2 Å². The molecule has 4 aromatic rings. The number of nitrogens with two attached hydrogens (primary N) is 1. The summed E-state index contributed by atoms with van der Waals surface area (Å²) in [6, 6.07) is 18.1. The zero-order chi connectivity index (χ0) is 24.1. The Morgan fingerprint density at radius 1 is 0.941 bits per heavy atom. The minimum atomic E-state index is -2.76. The highest BCUT2D eigenvalue weighted by Crippen LogP contribution is 2.39. The summed E-state index contributed by atoms with van der Waals surface area (Å²) in [5, 5.41) is 3.22. The Balaban J connectivity index is 1.75. The van der Waals surface area contributed by atoms with Crippen LogP contribution in [0.2, 0.25) is 0 Å². The number of halogens is 3. The molecular formula is C25H22F3N5O. The number of alkyl halides is 2. The molecule has 0 fully saturated rings. The highest BCUT2D eigenvalue weighted by molar-refractivity contribution is 5.85. The smallest absolute Gasteiger partial charge is 0.280 e. The highest BCUT2D eigenvalue weighted by Gasteiger charge is 2.21. The van der Waals surface area contributed by atoms with E-state index in [0.29, 0.717) is 34.6 Å². The molecule has 0 radical (unpaired) electrons. The summed E-state index contributed by atoms with van der Waals surface area (Å²) in [5.41, 5.74) is 8.52. The number of anilines is 2. The van der Waals surface area contributed by atoms with Crippen LogP contribution in [0, 0.1) is 12.7 Å². The molecule has 9 heteroatoms. The van der Waals surface area contributed by atoms with E-state index in [-0.39, 0.29) is 24.1 Å². The molecule has 0 unspecified atom stereocenters. The van der Waals surface area contributed by atoms with Gasteiger partial charge in [-0.25, -0.2) is 18.2 Å². The summed E-state index contributed by atoms with van der Waals surface area (Å²) in [4.78, 5) is 12.5. The molecule has 0 aliphatic heterocycles. The van der Waals surface area contributed by atoms with Gasteiger partial charge in [0.2, 0.25) is 11.8 Å². The third-order valence-electron chi connectivity index (χ3n) is 4.94. The number of nitrogen functional groups attached to an aromatic ring is 1. The standard InChI is InChI=1S/C25H22F3N5O/c1-15-13-17(14-20(31-15)23(27)28)21-22(16-7-9-18(26)10-8-16)32-25(29)33-24(21)34-12-11-30-19-5-3-2-4-6-19/h2-10,13-14,23,30H,11-12H2,1H3,(H2,29,32,33). The molecule has 174 valence electrons. The van der Waals surface area contributed by atoms with Crippen molar-refractivity contribution in [3.8, 4) is 28.3 Å². The van der Waals surface area contributed by atoms with E-state index in [1.54, 1.807) is 13.0 Å². The fraction of sp³-hybridized carbons (Fsp3) is 0.160. The van der Waals surface area contributed by atoms with Gasteiger partial charge in [0.25, 0.3) is 6.43 Å². The number of benzene rings is 2. The lowest BCUT2D eigenvalue weighted by Crippen LogP contribution is -2.14. The first-order valence-corrected chi connectivity index (χ1v) is 10.5. The number of pyridine rings is 1. The largest absolute Gasteiger partial charge is 0.475 e. The molecule has 0 atom stereocenters. The molecule has 0 bridgehead atoms. The maximum absolute atomic E-state index is 13.5. The van der Waals surface area contributed by atoms with E-state index in [9.17, 15) is 13.2 Å². The predicted molar refractivity (Wildman–Crippen MR) is 125 cm³/mol. The molecule has 34 heavy (non-hydrogen) atoms. The Bertz CT molecular complexity index is 1270. The molecule has 0 amide bonds. The Hall–Kier alpha value is -4.14. The van der Waals surface area contributed by atoms with Gasteiger partial charge >= 0.3 is 0 Å². The molecule has 0 saturated heterocycles. The van der Waals surface area contributed by atoms with E-state index in [1.807, 2.05) is 30.3 Å². The quantitative estimate of drug-likeness (QED) is 0.327. The van der Waals surface area contributed by atoms with Gasteiger partial charge < -0.3 is 15.8 Å². The minimum Gasteiger partial charge on any atom is -0.475 e. The monoisotopic (exact) mass is 465 g/mol. The lowest BCUT2D eigenvalue weighted by Gasteiger charge is -2.17. The molecule has 2 aromatic carbocycles. The van der Waals surface area contributed by atoms with Gasteiger partial charge in [0.1, 0.15) is 18.1 Å². The van der Waals surface area contributed by atoms with Crippen LogP contribution in [0.5, 0.6) is 5.88 Å². The Morgan fingerprint density at radius 2 is 1.68 bits per heavy atom. The van der Waals surface area contributed by atoms with Gasteiger partial charge in [-0.3, -0.25) is 4.98 Å². The van der Waals surface area contributed by atoms with Crippen molar-refractivity contribution in [3.05, 3.63) is 83.9 Å². The number of hydrogen-bond donors (Lipinski definition) is 2. The number of rotatable bonds is 8. The van der Waals surface area contributed by atoms with E-state index in [0.717, 1.165) is 5.69 Å². The number of para-hydroxylation sites is 1. The molecular weight excluding hydrogens is 443 g/mol. The van der Waals surface area contributed by atoms with Gasteiger partial charge in [0.05, 0.1) is 11.3 Å². The predicted octanol–water partition coefficient (Wildman–Crippen LogP) is 5.66. The molecule has 2 aromatic heterocycles. The van der Waals surface area contributed by atoms with Crippen LogP contribution in [0.1, 0.15) is 17.8 Å². The normalized spacial score (nSPS) is 11.0. The second kappa shape index (κ2) is 10.2. The average molecular weight is 465 g/mol. The second-order valence-corrected chi connectivity index (χ2v) is 7.48. The molecule has 0 spiro atoms. The molecule has 0 aliphatic rings. The van der Waals surface area contributed by atoms with E-state index < -0.39 is 12.2 Å². The maximum atomic E-state index is 13.5. The van der Waals surface area contributed by atoms with Gasteiger partial charge in [0.15, 0.2) is 0 Å². The van der Waals surface area contributed by atoms with Gasteiger partial charge in [-0.05, 0) is 61.0 Å². The first-order valence-electron chi connectivity index (χ1n) is 10.5. The van der Waals surface area contributed by atoms with Crippen LogP contribution in [-0.2, 0) is 0 Å². The summed E-state index contributed by atoms with van der Waals surface area (Å²) < 4.78 is 46.5. The molecule has 6 nitrogen and oxygen atoms in total. The van der Waals surface area contributed by atoms with Crippen molar-refractivity contribution in [2.45, 2.75) is 13.3 Å². The zero-order valence-corrected chi connectivity index (χ0v) is 18.3. The van der Waals surface area contributed by atoms with Crippen LogP contribution in [0.15, 0.2) is 66.7 Å². The molecule has 2 heterocycles. The number of nitrogens with one attached hydrogen (secondary N) is 1. The minimum absolute atomic E-state index is 0.0612. The molecule has 4 rings (SSSR count). The van der Waals surface area contributed by atoms with E-state index in [1.165, 1.54) is 30.3 Å². The summed E-state index contributed by atoms with van der Waals surface area (Å²) >= 11 is 0. The summed E-state index contributed by atoms with van der Waals surface area (Å²) in [6.07, 6.45) is -2.76. The Morgan fingerprint density at radius 3 is 2.38 bits per heavy atom. The summed E-state index contributed by atoms with van der Waals surface area (Å²) in [7, 11) is 0. The zero-order valence-electron chi connectivity index (χ0n) is 18.3. The van der Waals surface area contributed by atoms with Crippen LogP contribution < -0.4 is 15.8 Å².